The van der Waals surface area contributed by atoms with Gasteiger partial charge < -0.3 is 10.5 Å². The highest BCUT2D eigenvalue weighted by Gasteiger charge is 2.14. The molecule has 5 nitrogen and oxygen atoms in total. The Kier molecular flexibility index (Phi) is 6.95. The molecular weight excluding hydrogens is 284 g/mol. The fourth-order valence-electron chi connectivity index (χ4n) is 1.44. The van der Waals surface area contributed by atoms with E-state index in [1.54, 1.807) is 11.4 Å². The first-order valence-electron chi connectivity index (χ1n) is 6.34. The summed E-state index contributed by atoms with van der Waals surface area (Å²) in [5.41, 5.74) is 5.47. The first-order chi connectivity index (χ1) is 8.95. The fourth-order valence-corrected chi connectivity index (χ4v) is 3.67. The second-order valence-corrected chi connectivity index (χ2v) is 7.24. The Morgan fingerprint density at radius 2 is 2.16 bits per heavy atom. The molecule has 0 amide bonds. The van der Waals surface area contributed by atoms with Gasteiger partial charge in [-0.05, 0) is 32.8 Å². The number of nitrogens with one attached hydrogen (secondary N) is 1. The van der Waals surface area contributed by atoms with Crippen molar-refractivity contribution in [2.45, 2.75) is 44.2 Å². The van der Waals surface area contributed by atoms with E-state index in [1.807, 2.05) is 13.8 Å². The minimum atomic E-state index is -3.39. The van der Waals surface area contributed by atoms with Crippen molar-refractivity contribution < 1.29 is 13.2 Å². The average Bonchev–Trinajstić information content (AvgIpc) is 2.82. The first kappa shape index (κ1) is 16.6. The van der Waals surface area contributed by atoms with Crippen LogP contribution in [-0.2, 0) is 21.3 Å². The molecule has 0 spiro atoms. The van der Waals surface area contributed by atoms with Crippen LogP contribution in [0.15, 0.2) is 16.3 Å². The molecule has 0 radical (unpaired) electrons. The summed E-state index contributed by atoms with van der Waals surface area (Å²) in [4.78, 5) is 1.17. The summed E-state index contributed by atoms with van der Waals surface area (Å²) in [5.74, 6) is 0. The third kappa shape index (κ3) is 6.01. The maximum atomic E-state index is 11.9. The Morgan fingerprint density at radius 1 is 1.42 bits per heavy atom. The zero-order valence-electron chi connectivity index (χ0n) is 11.4. The van der Waals surface area contributed by atoms with E-state index in [0.29, 0.717) is 24.6 Å². The molecule has 0 unspecified atom stereocenters. The molecule has 19 heavy (non-hydrogen) atoms. The van der Waals surface area contributed by atoms with Crippen LogP contribution in [0.1, 0.15) is 31.6 Å². The van der Waals surface area contributed by atoms with Gasteiger partial charge in [-0.25, -0.2) is 13.1 Å². The number of nitrogens with two attached hydrogens (primary N) is 1. The first-order valence-corrected chi connectivity index (χ1v) is 8.70. The quantitative estimate of drug-likeness (QED) is 0.680. The van der Waals surface area contributed by atoms with Gasteiger partial charge in [0.15, 0.2) is 0 Å². The van der Waals surface area contributed by atoms with Crippen LogP contribution in [0.2, 0.25) is 0 Å². The molecule has 0 aliphatic heterocycles. The van der Waals surface area contributed by atoms with Crippen molar-refractivity contribution in [3.05, 3.63) is 16.3 Å². The number of hydrogen-bond donors (Lipinski definition) is 2. The Morgan fingerprint density at radius 3 is 2.74 bits per heavy atom. The van der Waals surface area contributed by atoms with Crippen molar-refractivity contribution in [2.24, 2.45) is 5.73 Å². The maximum Gasteiger partial charge on any atom is 0.241 e. The van der Waals surface area contributed by atoms with Gasteiger partial charge in [-0.15, -0.1) is 11.3 Å². The van der Waals surface area contributed by atoms with E-state index in [4.69, 9.17) is 10.5 Å². The van der Waals surface area contributed by atoms with Crippen LogP contribution < -0.4 is 10.5 Å². The van der Waals surface area contributed by atoms with Crippen LogP contribution in [0.4, 0.5) is 0 Å². The Labute approximate surface area is 119 Å². The van der Waals surface area contributed by atoms with Crippen molar-refractivity contribution in [3.8, 4) is 0 Å². The van der Waals surface area contributed by atoms with Gasteiger partial charge in [-0.3, -0.25) is 0 Å². The number of unbranched alkanes of at least 4 members (excludes halogenated alkanes) is 1. The Hall–Kier alpha value is -0.470. The number of sulfonamides is 1. The van der Waals surface area contributed by atoms with E-state index < -0.39 is 10.0 Å². The molecule has 7 heteroatoms. The second kappa shape index (κ2) is 7.96. The highest BCUT2D eigenvalue weighted by atomic mass is 32.2. The zero-order valence-corrected chi connectivity index (χ0v) is 13.0. The third-order valence-electron chi connectivity index (χ3n) is 2.46. The van der Waals surface area contributed by atoms with Crippen molar-refractivity contribution >= 4 is 21.4 Å². The summed E-state index contributed by atoms with van der Waals surface area (Å²) in [6.07, 6.45) is 1.83. The van der Waals surface area contributed by atoms with Gasteiger partial charge in [-0.1, -0.05) is 0 Å². The normalized spacial score (nSPS) is 12.2. The fraction of sp³-hybridized carbons (Fsp3) is 0.667. The van der Waals surface area contributed by atoms with Crippen LogP contribution >= 0.6 is 11.3 Å². The molecule has 0 saturated carbocycles. The van der Waals surface area contributed by atoms with E-state index in [2.05, 4.69) is 4.72 Å². The van der Waals surface area contributed by atoms with Crippen molar-refractivity contribution in [1.29, 1.82) is 0 Å². The molecule has 110 valence electrons. The van der Waals surface area contributed by atoms with Gasteiger partial charge in [0.1, 0.15) is 0 Å². The Bertz CT molecular complexity index is 469. The van der Waals surface area contributed by atoms with Gasteiger partial charge in [0.05, 0.1) is 11.0 Å². The minimum Gasteiger partial charge on any atom is -0.379 e. The molecule has 0 saturated heterocycles. The summed E-state index contributed by atoms with van der Waals surface area (Å²) in [6.45, 7) is 5.42. The highest BCUT2D eigenvalue weighted by Crippen LogP contribution is 2.18. The number of thiophene rings is 1. The van der Waals surface area contributed by atoms with Gasteiger partial charge in [0, 0.05) is 30.0 Å². The van der Waals surface area contributed by atoms with Crippen LogP contribution in [0, 0.1) is 0 Å². The predicted molar refractivity (Wildman–Crippen MR) is 77.7 cm³/mol. The molecule has 0 aliphatic rings. The molecule has 1 heterocycles. The molecule has 0 atom stereocenters. The molecule has 1 rings (SSSR count). The standard InChI is InChI=1S/C12H22N2O3S2/c1-10(2)17-6-4-3-5-14-19(15,16)12-7-11(8-13)18-9-12/h7,9-10,14H,3-6,8,13H2,1-2H3. The smallest absolute Gasteiger partial charge is 0.241 e. The van der Waals surface area contributed by atoms with Gasteiger partial charge in [0.2, 0.25) is 10.0 Å². The minimum absolute atomic E-state index is 0.220. The molecule has 0 aliphatic carbocycles. The summed E-state index contributed by atoms with van der Waals surface area (Å²) in [7, 11) is -3.39. The molecule has 1 aromatic heterocycles. The molecular formula is C12H22N2O3S2. The lowest BCUT2D eigenvalue weighted by Gasteiger charge is -2.07. The topological polar surface area (TPSA) is 81.4 Å². The third-order valence-corrected chi connectivity index (χ3v) is 5.00. The van der Waals surface area contributed by atoms with E-state index in [9.17, 15) is 8.42 Å². The summed E-state index contributed by atoms with van der Waals surface area (Å²) in [6, 6.07) is 1.62. The van der Waals surface area contributed by atoms with Crippen molar-refractivity contribution in [3.63, 3.8) is 0 Å². The van der Waals surface area contributed by atoms with Crippen molar-refractivity contribution in [2.75, 3.05) is 13.2 Å². The van der Waals surface area contributed by atoms with E-state index in [1.165, 1.54) is 11.3 Å². The number of rotatable bonds is 9. The molecule has 0 aromatic carbocycles. The summed E-state index contributed by atoms with van der Waals surface area (Å²) in [5, 5.41) is 1.62. The monoisotopic (exact) mass is 306 g/mol. The van der Waals surface area contributed by atoms with E-state index in [0.717, 1.165) is 17.7 Å². The van der Waals surface area contributed by atoms with Crippen molar-refractivity contribution in [1.82, 2.24) is 4.72 Å². The van der Waals surface area contributed by atoms with Crippen LogP contribution in [0.25, 0.3) is 0 Å². The van der Waals surface area contributed by atoms with Gasteiger partial charge in [-0.2, -0.15) is 0 Å². The lowest BCUT2D eigenvalue weighted by molar-refractivity contribution is 0.0762. The van der Waals surface area contributed by atoms with Crippen LogP contribution in [-0.4, -0.2) is 27.7 Å². The summed E-state index contributed by atoms with van der Waals surface area (Å²) < 4.78 is 31.8. The number of ether oxygens (including phenoxy) is 1. The SMILES string of the molecule is CC(C)OCCCCNS(=O)(=O)c1csc(CN)c1. The summed E-state index contributed by atoms with van der Waals surface area (Å²) >= 11 is 1.36. The van der Waals surface area contributed by atoms with Gasteiger partial charge in [0.25, 0.3) is 0 Å². The zero-order chi connectivity index (χ0) is 14.3. The predicted octanol–water partition coefficient (Wildman–Crippen LogP) is 1.69. The second-order valence-electron chi connectivity index (χ2n) is 4.48. The lowest BCUT2D eigenvalue weighted by Crippen LogP contribution is -2.24. The largest absolute Gasteiger partial charge is 0.379 e. The van der Waals surface area contributed by atoms with Crippen LogP contribution in [0.3, 0.4) is 0 Å². The van der Waals surface area contributed by atoms with E-state index >= 15 is 0 Å². The lowest BCUT2D eigenvalue weighted by atomic mass is 10.3. The maximum absolute atomic E-state index is 11.9. The molecule has 0 fully saturated rings. The molecule has 0 bridgehead atoms. The highest BCUT2D eigenvalue weighted by molar-refractivity contribution is 7.89. The molecule has 1 aromatic rings. The number of hydrogen-bond acceptors (Lipinski definition) is 5. The molecule has 3 N–H and O–H groups in total. The Balaban J connectivity index is 2.31. The van der Waals surface area contributed by atoms with Crippen LogP contribution in [0.5, 0.6) is 0 Å². The van der Waals surface area contributed by atoms with E-state index in [-0.39, 0.29) is 6.10 Å². The van der Waals surface area contributed by atoms with Gasteiger partial charge >= 0.3 is 0 Å². The average molecular weight is 306 g/mol.